The van der Waals surface area contributed by atoms with Crippen molar-refractivity contribution in [2.45, 2.75) is 30.7 Å². The Kier molecular flexibility index (Phi) is 9.86. The average Bonchev–Trinajstić information content (AvgIpc) is 3.07. The van der Waals surface area contributed by atoms with E-state index in [0.717, 1.165) is 11.6 Å². The number of alkyl carbamates (subject to hydrolysis) is 1. The number of hydrogen-bond donors (Lipinski definition) is 4. The zero-order valence-corrected chi connectivity index (χ0v) is 25.6. The molecule has 2 aliphatic rings. The van der Waals surface area contributed by atoms with E-state index in [2.05, 4.69) is 10.6 Å². The van der Waals surface area contributed by atoms with Gasteiger partial charge in [-0.2, -0.15) is 0 Å². The van der Waals surface area contributed by atoms with E-state index in [0.29, 0.717) is 22.8 Å². The van der Waals surface area contributed by atoms with Crippen LogP contribution in [-0.2, 0) is 37.1 Å². The number of rotatable bonds is 11. The van der Waals surface area contributed by atoms with E-state index < -0.39 is 47.1 Å². The molecule has 13 nitrogen and oxygen atoms in total. The summed E-state index contributed by atoms with van der Waals surface area (Å²) in [5, 5.41) is 24.7. The zero-order valence-electron chi connectivity index (χ0n) is 24.8. The third-order valence-corrected chi connectivity index (χ3v) is 8.44. The minimum atomic E-state index is -1.50. The van der Waals surface area contributed by atoms with Crippen LogP contribution < -0.4 is 20.1 Å². The largest absolute Gasteiger partial charge is 0.508 e. The first-order chi connectivity index (χ1) is 22.2. The second-order valence-corrected chi connectivity index (χ2v) is 11.3. The van der Waals surface area contributed by atoms with Crippen molar-refractivity contribution in [2.24, 2.45) is 0 Å². The number of methoxy groups -OCH3 is 2. The van der Waals surface area contributed by atoms with Crippen molar-refractivity contribution < 1.29 is 48.3 Å². The van der Waals surface area contributed by atoms with Gasteiger partial charge in [0.25, 0.3) is 5.91 Å². The van der Waals surface area contributed by atoms with Crippen molar-refractivity contribution in [2.75, 3.05) is 20.0 Å². The Morgan fingerprint density at radius 2 is 1.52 bits per heavy atom. The Hall–Kier alpha value is -5.37. The number of nitrogens with zero attached hydrogens (tertiary/aromatic N) is 1. The number of fused-ring (bicyclic) bond motifs is 1. The number of aromatic hydroxyl groups is 2. The van der Waals surface area contributed by atoms with Gasteiger partial charge in [0, 0.05) is 17.4 Å². The van der Waals surface area contributed by atoms with Gasteiger partial charge in [0.1, 0.15) is 59.4 Å². The number of nitrogens with one attached hydrogen (secondary N) is 2. The van der Waals surface area contributed by atoms with E-state index in [1.807, 2.05) is 0 Å². The van der Waals surface area contributed by atoms with Crippen LogP contribution in [0.1, 0.15) is 22.7 Å². The number of thioether (sulfide) groups is 1. The molecule has 0 saturated carbocycles. The molecule has 0 aliphatic carbocycles. The molecule has 0 spiro atoms. The van der Waals surface area contributed by atoms with Gasteiger partial charge in [-0.1, -0.05) is 24.3 Å². The number of hydrogen-bond acceptors (Lipinski definition) is 11. The third-order valence-electron chi connectivity index (χ3n) is 7.26. The molecule has 0 aromatic heterocycles. The van der Waals surface area contributed by atoms with E-state index in [1.165, 1.54) is 35.9 Å². The van der Waals surface area contributed by atoms with Gasteiger partial charge in [-0.3, -0.25) is 14.5 Å². The first kappa shape index (κ1) is 32.0. The highest BCUT2D eigenvalue weighted by Gasteiger charge is 2.53. The molecule has 14 heteroatoms. The predicted octanol–water partition coefficient (Wildman–Crippen LogP) is 3.11. The van der Waals surface area contributed by atoms with Crippen molar-refractivity contribution in [3.63, 3.8) is 0 Å². The topological polar surface area (TPSA) is 173 Å². The highest BCUT2D eigenvalue weighted by Crippen LogP contribution is 2.38. The molecule has 2 unspecified atom stereocenters. The number of benzene rings is 3. The van der Waals surface area contributed by atoms with Crippen molar-refractivity contribution in [3.05, 3.63) is 95.2 Å². The standard InChI is InChI=1S/C32H31N3O10S/c1-42-21-8-3-18(4-9-21)16-44-31(40)24-13-14-46-30-27(29(39)35(24)30)33-28(38)26(23-12-7-20(36)15-25(23)37)34-32(41)45-17-19-5-10-22(43-2)11-6-19/h3-13,15,26-27,30,36-37H,14,16-17H2,1-2H3,(H,33,38)(H,34,41)/t26?,27?,30-/m0/s1. The number of phenolic OH excluding ortho intramolecular Hbond substituents is 2. The molecule has 3 aromatic carbocycles. The normalized spacial score (nSPS) is 17.4. The van der Waals surface area contributed by atoms with Crippen LogP contribution in [0, 0.1) is 0 Å². The second-order valence-electron chi connectivity index (χ2n) is 10.2. The second kappa shape index (κ2) is 14.2. The van der Waals surface area contributed by atoms with Crippen LogP contribution in [0.15, 0.2) is 78.5 Å². The van der Waals surface area contributed by atoms with Crippen molar-refractivity contribution in [1.29, 1.82) is 0 Å². The van der Waals surface area contributed by atoms with E-state index >= 15 is 0 Å². The molecule has 4 N–H and O–H groups in total. The van der Waals surface area contributed by atoms with Crippen LogP contribution >= 0.6 is 11.8 Å². The molecule has 3 aromatic rings. The quantitative estimate of drug-likeness (QED) is 0.178. The molecule has 0 bridgehead atoms. The van der Waals surface area contributed by atoms with E-state index in [-0.39, 0.29) is 30.2 Å². The summed E-state index contributed by atoms with van der Waals surface area (Å²) >= 11 is 1.33. The van der Waals surface area contributed by atoms with Gasteiger partial charge >= 0.3 is 12.1 Å². The smallest absolute Gasteiger partial charge is 0.408 e. The highest BCUT2D eigenvalue weighted by molar-refractivity contribution is 8.00. The summed E-state index contributed by atoms with van der Waals surface area (Å²) in [6, 6.07) is 14.8. The highest BCUT2D eigenvalue weighted by atomic mass is 32.2. The molecule has 5 rings (SSSR count). The summed E-state index contributed by atoms with van der Waals surface area (Å²) < 4.78 is 21.0. The lowest BCUT2D eigenvalue weighted by molar-refractivity contribution is -0.153. The van der Waals surface area contributed by atoms with Gasteiger partial charge in [0.2, 0.25) is 5.91 Å². The summed E-state index contributed by atoms with van der Waals surface area (Å²) in [5.74, 6) is -1.11. The lowest BCUT2D eigenvalue weighted by atomic mass is 10.0. The summed E-state index contributed by atoms with van der Waals surface area (Å²) in [7, 11) is 3.07. The molecule has 46 heavy (non-hydrogen) atoms. The van der Waals surface area contributed by atoms with E-state index in [1.54, 1.807) is 61.7 Å². The average molecular weight is 650 g/mol. The van der Waals surface area contributed by atoms with Crippen LogP contribution in [0.3, 0.4) is 0 Å². The number of amides is 3. The van der Waals surface area contributed by atoms with Crippen LogP contribution in [0.2, 0.25) is 0 Å². The Labute approximate surface area is 268 Å². The maximum absolute atomic E-state index is 13.5. The maximum Gasteiger partial charge on any atom is 0.408 e. The predicted molar refractivity (Wildman–Crippen MR) is 165 cm³/mol. The number of carbonyl (C=O) groups is 4. The van der Waals surface area contributed by atoms with Gasteiger partial charge in [0.05, 0.1) is 14.2 Å². The molecular formula is C32H31N3O10S. The molecule has 240 valence electrons. The molecular weight excluding hydrogens is 618 g/mol. The number of esters is 1. The summed E-state index contributed by atoms with van der Waals surface area (Å²) in [6.07, 6.45) is 0.618. The van der Waals surface area contributed by atoms with Crippen molar-refractivity contribution in [3.8, 4) is 23.0 Å². The minimum Gasteiger partial charge on any atom is -0.508 e. The summed E-state index contributed by atoms with van der Waals surface area (Å²) in [5.41, 5.74) is 1.42. The molecule has 2 aliphatic heterocycles. The number of phenols is 2. The Bertz CT molecular complexity index is 1640. The Morgan fingerprint density at radius 3 is 2.11 bits per heavy atom. The van der Waals surface area contributed by atoms with Crippen molar-refractivity contribution in [1.82, 2.24) is 15.5 Å². The van der Waals surface area contributed by atoms with Gasteiger partial charge in [-0.15, -0.1) is 11.8 Å². The van der Waals surface area contributed by atoms with Gasteiger partial charge in [-0.05, 0) is 53.6 Å². The first-order valence-corrected chi connectivity index (χ1v) is 15.1. The third kappa shape index (κ3) is 7.12. The fraction of sp³-hybridized carbons (Fsp3) is 0.250. The monoisotopic (exact) mass is 649 g/mol. The van der Waals surface area contributed by atoms with E-state index in [9.17, 15) is 29.4 Å². The Morgan fingerprint density at radius 1 is 0.913 bits per heavy atom. The molecule has 0 radical (unpaired) electrons. The fourth-order valence-electron chi connectivity index (χ4n) is 4.80. The maximum atomic E-state index is 13.5. The lowest BCUT2D eigenvalue weighted by Gasteiger charge is -2.48. The van der Waals surface area contributed by atoms with Crippen LogP contribution in [-0.4, -0.2) is 70.4 Å². The number of β-lactam (4-membered cyclic amide) rings is 1. The van der Waals surface area contributed by atoms with E-state index in [4.69, 9.17) is 18.9 Å². The lowest BCUT2D eigenvalue weighted by Crippen LogP contribution is -2.70. The minimum absolute atomic E-state index is 0.0157. The summed E-state index contributed by atoms with van der Waals surface area (Å²) in [6.45, 7) is -0.137. The Balaban J connectivity index is 1.23. The van der Waals surface area contributed by atoms with Crippen LogP contribution in [0.4, 0.5) is 4.79 Å². The van der Waals surface area contributed by atoms with Crippen LogP contribution in [0.5, 0.6) is 23.0 Å². The molecule has 3 atom stereocenters. The molecule has 3 amide bonds. The van der Waals surface area contributed by atoms with Gasteiger partial charge in [0.15, 0.2) is 0 Å². The number of ether oxygens (including phenoxy) is 4. The molecule has 1 saturated heterocycles. The fourth-order valence-corrected chi connectivity index (χ4v) is 6.00. The number of carbonyl (C=O) groups excluding carboxylic acids is 4. The van der Waals surface area contributed by atoms with Crippen LogP contribution in [0.25, 0.3) is 0 Å². The van der Waals surface area contributed by atoms with Gasteiger partial charge in [-0.25, -0.2) is 9.59 Å². The first-order valence-electron chi connectivity index (χ1n) is 14.0. The molecule has 2 heterocycles. The summed E-state index contributed by atoms with van der Waals surface area (Å²) in [4.78, 5) is 53.7. The van der Waals surface area contributed by atoms with Gasteiger partial charge < -0.3 is 39.8 Å². The van der Waals surface area contributed by atoms with Crippen molar-refractivity contribution >= 4 is 35.6 Å². The zero-order chi connectivity index (χ0) is 32.8. The SMILES string of the molecule is COc1ccc(COC(=O)NC(C(=O)NC2C(=O)N3C(C(=O)OCc4ccc(OC)cc4)=CCS[C@@H]23)c2ccc(O)cc2O)cc1. The molecule has 1 fully saturated rings.